The SMILES string of the molecule is CC1(C)Sc2nccn2C1=NOC(=O)CNS(=O)(=O)CNC(=O)ON=C1n2ccnc2SC1(C)C. The molecule has 0 aromatic carbocycles. The summed E-state index contributed by atoms with van der Waals surface area (Å²) in [5.74, 6) is -0.887. The lowest BCUT2D eigenvalue weighted by molar-refractivity contribution is -0.142. The van der Waals surface area contributed by atoms with Crippen LogP contribution in [0.2, 0.25) is 0 Å². The second kappa shape index (κ2) is 9.29. The van der Waals surface area contributed by atoms with Crippen LogP contribution in [0.25, 0.3) is 0 Å². The maximum absolute atomic E-state index is 12.1. The first-order chi connectivity index (χ1) is 16.4. The number of fused-ring (bicyclic) bond motifs is 2. The summed E-state index contributed by atoms with van der Waals surface area (Å²) in [4.78, 5) is 42.0. The summed E-state index contributed by atoms with van der Waals surface area (Å²) in [5, 5.41) is 11.2. The molecular weight excluding hydrogens is 520 g/mol. The summed E-state index contributed by atoms with van der Waals surface area (Å²) in [6, 6.07) is 0. The van der Waals surface area contributed by atoms with E-state index in [1.165, 1.54) is 23.5 Å². The number of nitrogens with one attached hydrogen (secondary N) is 2. The highest BCUT2D eigenvalue weighted by atomic mass is 32.2. The van der Waals surface area contributed by atoms with Crippen LogP contribution in [0.3, 0.4) is 0 Å². The summed E-state index contributed by atoms with van der Waals surface area (Å²) in [5.41, 5.74) is 0. The van der Waals surface area contributed by atoms with Crippen LogP contribution in [-0.4, -0.2) is 73.2 Å². The number of oxime groups is 2. The Kier molecular flexibility index (Phi) is 6.69. The summed E-state index contributed by atoms with van der Waals surface area (Å²) >= 11 is 2.89. The van der Waals surface area contributed by atoms with Gasteiger partial charge in [0.2, 0.25) is 10.0 Å². The van der Waals surface area contributed by atoms with Crippen molar-refractivity contribution >= 4 is 57.3 Å². The number of nitrogens with zero attached hydrogens (tertiary/aromatic N) is 6. The standard InChI is InChI=1S/C18H22N8O6S3/c1-17(2)12(25-7-5-19-14(25)33-17)23-31-11(27)9-22-35(29,30)10-21-16(28)32-24-13-18(3,4)34-15-20-6-8-26(13)15/h5-8,22H,9-10H2,1-4H3,(H,21,28). The lowest BCUT2D eigenvalue weighted by Gasteiger charge is -2.15. The van der Waals surface area contributed by atoms with Gasteiger partial charge in [-0.05, 0) is 27.7 Å². The van der Waals surface area contributed by atoms with Gasteiger partial charge in [-0.15, -0.1) is 0 Å². The van der Waals surface area contributed by atoms with E-state index in [9.17, 15) is 18.0 Å². The fourth-order valence-corrected chi connectivity index (χ4v) is 5.94. The molecule has 4 rings (SSSR count). The third-order valence-electron chi connectivity index (χ3n) is 4.73. The third kappa shape index (κ3) is 5.52. The molecule has 0 saturated carbocycles. The number of thioether (sulfide) groups is 2. The van der Waals surface area contributed by atoms with Gasteiger partial charge < -0.3 is 10.2 Å². The topological polar surface area (TPSA) is 171 Å². The number of carbonyl (C=O) groups is 2. The lowest BCUT2D eigenvalue weighted by atomic mass is 10.2. The quantitative estimate of drug-likeness (QED) is 0.380. The predicted octanol–water partition coefficient (Wildman–Crippen LogP) is 1.02. The van der Waals surface area contributed by atoms with Gasteiger partial charge in [0, 0.05) is 24.8 Å². The number of sulfonamides is 1. The van der Waals surface area contributed by atoms with E-state index >= 15 is 0 Å². The van der Waals surface area contributed by atoms with Crippen molar-refractivity contribution in [2.45, 2.75) is 47.5 Å². The first-order valence-electron chi connectivity index (χ1n) is 10.1. The molecule has 0 radical (unpaired) electrons. The van der Waals surface area contributed by atoms with Crippen LogP contribution in [0.5, 0.6) is 0 Å². The average molecular weight is 543 g/mol. The van der Waals surface area contributed by atoms with Gasteiger partial charge in [0.1, 0.15) is 12.4 Å². The van der Waals surface area contributed by atoms with E-state index in [4.69, 9.17) is 9.68 Å². The van der Waals surface area contributed by atoms with Crippen molar-refractivity contribution in [2.75, 3.05) is 12.4 Å². The number of hydrogen-bond acceptors (Lipinski definition) is 12. The van der Waals surface area contributed by atoms with E-state index in [1.54, 1.807) is 33.9 Å². The Bertz CT molecular complexity index is 1230. The van der Waals surface area contributed by atoms with Crippen molar-refractivity contribution in [3.8, 4) is 0 Å². The molecule has 0 bridgehead atoms. The van der Waals surface area contributed by atoms with Crippen molar-refractivity contribution < 1.29 is 27.7 Å². The van der Waals surface area contributed by atoms with Crippen LogP contribution in [0.15, 0.2) is 45.4 Å². The van der Waals surface area contributed by atoms with Gasteiger partial charge in [0.15, 0.2) is 22.0 Å². The smallest absolute Gasteiger partial charge is 0.315 e. The highest BCUT2D eigenvalue weighted by molar-refractivity contribution is 8.02. The largest absolute Gasteiger partial charge is 0.434 e. The Morgan fingerprint density at radius 2 is 1.49 bits per heavy atom. The third-order valence-corrected chi connectivity index (χ3v) is 8.20. The monoisotopic (exact) mass is 542 g/mol. The van der Waals surface area contributed by atoms with E-state index in [0.717, 1.165) is 0 Å². The van der Waals surface area contributed by atoms with Crippen LogP contribution in [0.4, 0.5) is 4.79 Å². The molecule has 2 aliphatic rings. The van der Waals surface area contributed by atoms with Gasteiger partial charge in [0.05, 0.1) is 9.49 Å². The van der Waals surface area contributed by atoms with Gasteiger partial charge in [-0.25, -0.2) is 32.7 Å². The van der Waals surface area contributed by atoms with Crippen LogP contribution < -0.4 is 10.0 Å². The minimum atomic E-state index is -4.07. The van der Waals surface area contributed by atoms with Crippen LogP contribution in [0.1, 0.15) is 27.7 Å². The summed E-state index contributed by atoms with van der Waals surface area (Å²) in [6.07, 6.45) is 5.46. The van der Waals surface area contributed by atoms with E-state index in [-0.39, 0.29) is 0 Å². The zero-order valence-electron chi connectivity index (χ0n) is 19.1. The van der Waals surface area contributed by atoms with Crippen molar-refractivity contribution in [3.05, 3.63) is 24.8 Å². The molecule has 2 aromatic heterocycles. The fourth-order valence-electron chi connectivity index (χ4n) is 3.11. The lowest BCUT2D eigenvalue weighted by Crippen LogP contribution is -2.39. The molecule has 4 heterocycles. The molecule has 0 saturated heterocycles. The van der Waals surface area contributed by atoms with Gasteiger partial charge in [-0.1, -0.05) is 33.8 Å². The Labute approximate surface area is 208 Å². The van der Waals surface area contributed by atoms with Crippen molar-refractivity contribution in [1.29, 1.82) is 0 Å². The molecule has 0 unspecified atom stereocenters. The number of carbonyl (C=O) groups excluding carboxylic acids is 2. The molecule has 0 atom stereocenters. The molecular formula is C18H22N8O6S3. The molecule has 0 fully saturated rings. The highest BCUT2D eigenvalue weighted by Gasteiger charge is 2.39. The van der Waals surface area contributed by atoms with E-state index in [0.29, 0.717) is 22.0 Å². The average Bonchev–Trinajstić information content (AvgIpc) is 3.48. The van der Waals surface area contributed by atoms with Crippen LogP contribution in [0, 0.1) is 0 Å². The molecule has 2 aliphatic heterocycles. The Morgan fingerprint density at radius 3 is 2.03 bits per heavy atom. The number of amides is 1. The van der Waals surface area contributed by atoms with Crippen LogP contribution in [-0.2, 0) is 24.5 Å². The second-order valence-electron chi connectivity index (χ2n) is 8.31. The van der Waals surface area contributed by atoms with Gasteiger partial charge in [-0.3, -0.25) is 14.0 Å². The van der Waals surface area contributed by atoms with E-state index in [1.807, 2.05) is 32.4 Å². The normalized spacial score (nSPS) is 20.0. The zero-order chi connectivity index (χ0) is 25.4. The molecule has 188 valence electrons. The zero-order valence-corrected chi connectivity index (χ0v) is 21.5. The van der Waals surface area contributed by atoms with Crippen molar-refractivity contribution in [1.82, 2.24) is 29.1 Å². The maximum atomic E-state index is 12.1. The number of aromatic nitrogens is 4. The molecule has 2 aromatic rings. The number of imidazole rings is 2. The molecule has 14 nitrogen and oxygen atoms in total. The first-order valence-corrected chi connectivity index (χ1v) is 13.4. The van der Waals surface area contributed by atoms with Gasteiger partial charge >= 0.3 is 12.1 Å². The fraction of sp³-hybridized carbons (Fsp3) is 0.444. The summed E-state index contributed by atoms with van der Waals surface area (Å²) in [6.45, 7) is 6.85. The second-order valence-corrected chi connectivity index (χ2v) is 13.3. The molecule has 1 amide bonds. The van der Waals surface area contributed by atoms with Crippen LogP contribution >= 0.6 is 23.5 Å². The van der Waals surface area contributed by atoms with Gasteiger partial charge in [0.25, 0.3) is 0 Å². The van der Waals surface area contributed by atoms with E-state index < -0.39 is 44.0 Å². The Balaban J connectivity index is 1.25. The Hall–Kier alpha value is -2.89. The maximum Gasteiger partial charge on any atom is 0.434 e. The summed E-state index contributed by atoms with van der Waals surface area (Å²) < 4.78 is 28.7. The van der Waals surface area contributed by atoms with Gasteiger partial charge in [-0.2, -0.15) is 0 Å². The predicted molar refractivity (Wildman–Crippen MR) is 127 cm³/mol. The van der Waals surface area contributed by atoms with E-state index in [2.05, 4.69) is 25.6 Å². The summed E-state index contributed by atoms with van der Waals surface area (Å²) in [7, 11) is -4.07. The highest BCUT2D eigenvalue weighted by Crippen LogP contribution is 2.40. The first kappa shape index (κ1) is 25.2. The molecule has 0 spiro atoms. The molecule has 2 N–H and O–H groups in total. The number of rotatable bonds is 7. The van der Waals surface area contributed by atoms with Crippen molar-refractivity contribution in [3.63, 3.8) is 0 Å². The van der Waals surface area contributed by atoms with Crippen molar-refractivity contribution in [2.24, 2.45) is 10.3 Å². The molecule has 35 heavy (non-hydrogen) atoms. The Morgan fingerprint density at radius 1 is 0.971 bits per heavy atom. The minimum Gasteiger partial charge on any atom is -0.315 e. The molecule has 17 heteroatoms. The molecule has 0 aliphatic carbocycles. The minimum absolute atomic E-state index is 0.433. The number of hydrogen-bond donors (Lipinski definition) is 2.